The average Bonchev–Trinajstić information content (AvgIpc) is 2.28. The van der Waals surface area contributed by atoms with E-state index in [1.165, 1.54) is 0 Å². The second-order valence-electron chi connectivity index (χ2n) is 4.59. The van der Waals surface area contributed by atoms with Gasteiger partial charge in [0.05, 0.1) is 7.11 Å². The van der Waals surface area contributed by atoms with Gasteiger partial charge >= 0.3 is 5.97 Å². The van der Waals surface area contributed by atoms with Crippen LogP contribution in [0.4, 0.5) is 0 Å². The fraction of sp³-hybridized carbons (Fsp3) is 0.500. The Kier molecular flexibility index (Phi) is 5.48. The first kappa shape index (κ1) is 14.8. The molecule has 3 nitrogen and oxygen atoms in total. The van der Waals surface area contributed by atoms with Gasteiger partial charge in [-0.1, -0.05) is 25.4 Å². The zero-order chi connectivity index (χ0) is 13.7. The van der Waals surface area contributed by atoms with Crippen molar-refractivity contribution < 1.29 is 14.6 Å². The third-order valence-electron chi connectivity index (χ3n) is 2.86. The van der Waals surface area contributed by atoms with Gasteiger partial charge < -0.3 is 9.84 Å². The summed E-state index contributed by atoms with van der Waals surface area (Å²) in [6, 6.07) is 3.83. The maximum absolute atomic E-state index is 10.5. The van der Waals surface area contributed by atoms with Gasteiger partial charge in [-0.25, -0.2) is 0 Å². The molecule has 0 heterocycles. The number of aryl methyl sites for hydroxylation is 1. The van der Waals surface area contributed by atoms with Crippen LogP contribution >= 0.6 is 11.6 Å². The van der Waals surface area contributed by atoms with Crippen LogP contribution in [0.2, 0.25) is 5.02 Å². The van der Waals surface area contributed by atoms with Gasteiger partial charge in [0, 0.05) is 11.4 Å². The minimum absolute atomic E-state index is 0.159. The molecule has 0 saturated heterocycles. The van der Waals surface area contributed by atoms with Crippen LogP contribution < -0.4 is 4.74 Å². The van der Waals surface area contributed by atoms with Crippen molar-refractivity contribution >= 4 is 17.6 Å². The van der Waals surface area contributed by atoms with Crippen LogP contribution in [0.5, 0.6) is 5.75 Å². The van der Waals surface area contributed by atoms with Crippen molar-refractivity contribution in [2.45, 2.75) is 39.0 Å². The fourth-order valence-corrected chi connectivity index (χ4v) is 2.27. The van der Waals surface area contributed by atoms with Crippen molar-refractivity contribution in [1.29, 1.82) is 0 Å². The molecule has 0 aromatic heterocycles. The number of methoxy groups -OCH3 is 1. The molecule has 0 aliphatic carbocycles. The Morgan fingerprint density at radius 3 is 2.61 bits per heavy atom. The number of hydrogen-bond donors (Lipinski definition) is 1. The lowest BCUT2D eigenvalue weighted by molar-refractivity contribution is -0.137. The molecular weight excluding hydrogens is 252 g/mol. The van der Waals surface area contributed by atoms with Crippen LogP contribution in [0.1, 0.15) is 43.7 Å². The first-order chi connectivity index (χ1) is 8.45. The van der Waals surface area contributed by atoms with Gasteiger partial charge in [-0.3, -0.25) is 4.79 Å². The Morgan fingerprint density at radius 2 is 2.11 bits per heavy atom. The van der Waals surface area contributed by atoms with Crippen molar-refractivity contribution in [2.75, 3.05) is 7.11 Å². The number of aliphatic carboxylic acids is 1. The molecule has 0 aliphatic heterocycles. The topological polar surface area (TPSA) is 46.5 Å². The first-order valence-corrected chi connectivity index (χ1v) is 6.41. The van der Waals surface area contributed by atoms with E-state index >= 15 is 0 Å². The Hall–Kier alpha value is -1.22. The molecule has 18 heavy (non-hydrogen) atoms. The SMILES string of the molecule is COc1cc(C(C)C)c(Cl)cc1CCCC(=O)O. The summed E-state index contributed by atoms with van der Waals surface area (Å²) in [5.41, 5.74) is 2.02. The van der Waals surface area contributed by atoms with Gasteiger partial charge in [-0.05, 0) is 42.0 Å². The largest absolute Gasteiger partial charge is 0.496 e. The summed E-state index contributed by atoms with van der Waals surface area (Å²) in [7, 11) is 1.62. The first-order valence-electron chi connectivity index (χ1n) is 6.03. The zero-order valence-electron chi connectivity index (χ0n) is 11.0. The van der Waals surface area contributed by atoms with E-state index in [1.807, 2.05) is 12.1 Å². The van der Waals surface area contributed by atoms with E-state index in [0.29, 0.717) is 18.8 Å². The van der Waals surface area contributed by atoms with Crippen molar-refractivity contribution in [3.63, 3.8) is 0 Å². The number of rotatable bonds is 6. The Labute approximate surface area is 113 Å². The Morgan fingerprint density at radius 1 is 1.44 bits per heavy atom. The molecule has 100 valence electrons. The van der Waals surface area contributed by atoms with Gasteiger partial charge in [0.1, 0.15) is 5.75 Å². The highest BCUT2D eigenvalue weighted by Crippen LogP contribution is 2.32. The van der Waals surface area contributed by atoms with Crippen LogP contribution in [0.15, 0.2) is 12.1 Å². The van der Waals surface area contributed by atoms with Crippen LogP contribution in [0, 0.1) is 0 Å². The lowest BCUT2D eigenvalue weighted by atomic mass is 9.98. The number of carboxylic acids is 1. The number of hydrogen-bond acceptors (Lipinski definition) is 2. The lowest BCUT2D eigenvalue weighted by Gasteiger charge is -2.14. The van der Waals surface area contributed by atoms with E-state index in [2.05, 4.69) is 13.8 Å². The Balaban J connectivity index is 2.90. The normalized spacial score (nSPS) is 10.7. The monoisotopic (exact) mass is 270 g/mol. The molecule has 0 fully saturated rings. The number of carboxylic acid groups (broad SMARTS) is 1. The summed E-state index contributed by atoms with van der Waals surface area (Å²) >= 11 is 6.22. The van der Waals surface area contributed by atoms with Crippen LogP contribution in [-0.2, 0) is 11.2 Å². The summed E-state index contributed by atoms with van der Waals surface area (Å²) in [6.07, 6.45) is 1.41. The predicted molar refractivity (Wildman–Crippen MR) is 72.7 cm³/mol. The molecule has 0 amide bonds. The van der Waals surface area contributed by atoms with Crippen molar-refractivity contribution in [1.82, 2.24) is 0 Å². The third kappa shape index (κ3) is 3.91. The molecule has 4 heteroatoms. The van der Waals surface area contributed by atoms with E-state index in [-0.39, 0.29) is 6.42 Å². The van der Waals surface area contributed by atoms with Crippen molar-refractivity contribution in [3.8, 4) is 5.75 Å². The second-order valence-corrected chi connectivity index (χ2v) is 4.99. The molecule has 0 bridgehead atoms. The van der Waals surface area contributed by atoms with Gasteiger partial charge in [0.25, 0.3) is 0 Å². The number of halogens is 1. The standard InChI is InChI=1S/C14H19ClO3/c1-9(2)11-8-13(18-3)10(7-12(11)15)5-4-6-14(16)17/h7-9H,4-6H2,1-3H3,(H,16,17). The molecule has 1 aromatic carbocycles. The molecule has 0 aliphatic rings. The van der Waals surface area contributed by atoms with E-state index in [4.69, 9.17) is 21.4 Å². The smallest absolute Gasteiger partial charge is 0.303 e. The van der Waals surface area contributed by atoms with Crippen LogP contribution in [0.3, 0.4) is 0 Å². The van der Waals surface area contributed by atoms with Gasteiger partial charge in [0.2, 0.25) is 0 Å². The summed E-state index contributed by atoms with van der Waals surface area (Å²) < 4.78 is 5.34. The lowest BCUT2D eigenvalue weighted by Crippen LogP contribution is -2.00. The molecule has 0 radical (unpaired) electrons. The fourth-order valence-electron chi connectivity index (χ4n) is 1.87. The average molecular weight is 271 g/mol. The van der Waals surface area contributed by atoms with Crippen LogP contribution in [-0.4, -0.2) is 18.2 Å². The minimum Gasteiger partial charge on any atom is -0.496 e. The quantitative estimate of drug-likeness (QED) is 0.853. The molecule has 1 N–H and O–H groups in total. The second kappa shape index (κ2) is 6.64. The van der Waals surface area contributed by atoms with Crippen LogP contribution in [0.25, 0.3) is 0 Å². The summed E-state index contributed by atoms with van der Waals surface area (Å²) in [5, 5.41) is 9.35. The molecule has 1 aromatic rings. The van der Waals surface area contributed by atoms with Gasteiger partial charge in [-0.15, -0.1) is 0 Å². The van der Waals surface area contributed by atoms with Gasteiger partial charge in [-0.2, -0.15) is 0 Å². The molecular formula is C14H19ClO3. The molecule has 0 unspecified atom stereocenters. The van der Waals surface area contributed by atoms with Crippen molar-refractivity contribution in [3.05, 3.63) is 28.3 Å². The molecule has 0 spiro atoms. The third-order valence-corrected chi connectivity index (χ3v) is 3.19. The molecule has 0 atom stereocenters. The highest BCUT2D eigenvalue weighted by atomic mass is 35.5. The highest BCUT2D eigenvalue weighted by molar-refractivity contribution is 6.31. The predicted octanol–water partition coefficient (Wildman–Crippen LogP) is 3.88. The molecule has 0 saturated carbocycles. The zero-order valence-corrected chi connectivity index (χ0v) is 11.8. The van der Waals surface area contributed by atoms with Crippen molar-refractivity contribution in [2.24, 2.45) is 0 Å². The minimum atomic E-state index is -0.779. The van der Waals surface area contributed by atoms with Gasteiger partial charge in [0.15, 0.2) is 0 Å². The molecule has 1 rings (SSSR count). The van der Waals surface area contributed by atoms with E-state index in [0.717, 1.165) is 21.9 Å². The Bertz CT molecular complexity index is 427. The summed E-state index contributed by atoms with van der Waals surface area (Å²) in [5.74, 6) is 0.340. The maximum Gasteiger partial charge on any atom is 0.303 e. The van der Waals surface area contributed by atoms with E-state index in [1.54, 1.807) is 7.11 Å². The number of benzene rings is 1. The summed E-state index contributed by atoms with van der Waals surface area (Å²) in [6.45, 7) is 4.15. The maximum atomic E-state index is 10.5. The summed E-state index contributed by atoms with van der Waals surface area (Å²) in [4.78, 5) is 10.5. The number of carbonyl (C=O) groups is 1. The van der Waals surface area contributed by atoms with E-state index < -0.39 is 5.97 Å². The van der Waals surface area contributed by atoms with E-state index in [9.17, 15) is 4.79 Å². The number of ether oxygens (including phenoxy) is 1. The highest BCUT2D eigenvalue weighted by Gasteiger charge is 2.12.